The van der Waals surface area contributed by atoms with Crippen LogP contribution in [0.5, 0.6) is 0 Å². The van der Waals surface area contributed by atoms with E-state index in [0.717, 1.165) is 55.4 Å². The lowest BCUT2D eigenvalue weighted by Gasteiger charge is -2.21. The molecule has 2 heterocycles. The van der Waals surface area contributed by atoms with Crippen LogP contribution in [0.2, 0.25) is 0 Å². The Kier molecular flexibility index (Phi) is 10.2. The van der Waals surface area contributed by atoms with E-state index in [4.69, 9.17) is 5.11 Å². The molecule has 1 unspecified atom stereocenters. The molecule has 0 fully saturated rings. The van der Waals surface area contributed by atoms with Crippen LogP contribution in [0.15, 0.2) is 79.0 Å². The Labute approximate surface area is 238 Å². The van der Waals surface area contributed by atoms with E-state index in [-0.39, 0.29) is 18.2 Å². The molecule has 5 heteroatoms. The van der Waals surface area contributed by atoms with Gasteiger partial charge in [-0.3, -0.25) is 9.59 Å². The third-order valence-electron chi connectivity index (χ3n) is 7.39. The van der Waals surface area contributed by atoms with Crippen LogP contribution in [-0.2, 0) is 17.6 Å². The van der Waals surface area contributed by atoms with Crippen molar-refractivity contribution in [2.24, 2.45) is 5.92 Å². The highest BCUT2D eigenvalue weighted by atomic mass is 16.4. The molecule has 0 aliphatic rings. The molecule has 40 heavy (non-hydrogen) atoms. The molecule has 0 spiro atoms. The van der Waals surface area contributed by atoms with Crippen molar-refractivity contribution in [2.75, 3.05) is 5.32 Å². The number of nitrogens with one attached hydrogen (secondary N) is 1. The predicted octanol–water partition coefficient (Wildman–Crippen LogP) is 8.51. The predicted molar refractivity (Wildman–Crippen MR) is 163 cm³/mol. The van der Waals surface area contributed by atoms with Crippen LogP contribution < -0.4 is 5.32 Å². The molecule has 5 nitrogen and oxygen atoms in total. The number of carbonyl (C=O) groups is 2. The molecule has 0 aliphatic heterocycles. The molecule has 0 aliphatic carbocycles. The maximum Gasteiger partial charge on any atom is 0.303 e. The first-order valence-corrected chi connectivity index (χ1v) is 14.7. The first-order valence-electron chi connectivity index (χ1n) is 14.7. The van der Waals surface area contributed by atoms with Crippen molar-refractivity contribution in [3.8, 4) is 0 Å². The Morgan fingerprint density at radius 2 is 1.73 bits per heavy atom. The number of pyridine rings is 1. The lowest BCUT2D eigenvalue weighted by atomic mass is 9.97. The Hall–Kier alpha value is -3.86. The second kappa shape index (κ2) is 14.0. The van der Waals surface area contributed by atoms with Gasteiger partial charge in [0.05, 0.1) is 11.6 Å². The molecule has 1 atom stereocenters. The number of rotatable bonds is 15. The van der Waals surface area contributed by atoms with Crippen molar-refractivity contribution in [1.82, 2.24) is 4.40 Å². The first kappa shape index (κ1) is 29.1. The topological polar surface area (TPSA) is 70.8 Å². The van der Waals surface area contributed by atoms with Crippen molar-refractivity contribution in [3.05, 3.63) is 107 Å². The average Bonchev–Trinajstić information content (AvgIpc) is 3.31. The smallest absolute Gasteiger partial charge is 0.303 e. The van der Waals surface area contributed by atoms with Crippen LogP contribution in [-0.4, -0.2) is 21.3 Å². The summed E-state index contributed by atoms with van der Waals surface area (Å²) in [4.78, 5) is 24.6. The number of ketones is 1. The van der Waals surface area contributed by atoms with Gasteiger partial charge in [0.15, 0.2) is 5.78 Å². The summed E-state index contributed by atoms with van der Waals surface area (Å²) in [6, 6.07) is 24.9. The number of fused-ring (bicyclic) bond motifs is 1. The van der Waals surface area contributed by atoms with Gasteiger partial charge in [-0.15, -0.1) is 0 Å². The minimum atomic E-state index is -0.752. The van der Waals surface area contributed by atoms with Crippen LogP contribution >= 0.6 is 0 Å². The molecule has 0 radical (unpaired) electrons. The van der Waals surface area contributed by atoms with Gasteiger partial charge in [0.2, 0.25) is 0 Å². The second-order valence-electron chi connectivity index (χ2n) is 11.2. The van der Waals surface area contributed by atoms with Crippen LogP contribution in [0, 0.1) is 5.92 Å². The summed E-state index contributed by atoms with van der Waals surface area (Å²) in [6.45, 7) is 6.68. The zero-order chi connectivity index (χ0) is 28.5. The Bertz CT molecular complexity index is 1420. The molecule has 2 N–H and O–H groups in total. The number of aryl methyl sites for hydroxylation is 1. The number of carboxylic acids is 1. The van der Waals surface area contributed by atoms with Crippen molar-refractivity contribution >= 4 is 23.0 Å². The summed E-state index contributed by atoms with van der Waals surface area (Å²) in [7, 11) is 0. The number of hydrogen-bond donors (Lipinski definition) is 2. The third-order valence-corrected chi connectivity index (χ3v) is 7.39. The minimum Gasteiger partial charge on any atom is -0.481 e. The van der Waals surface area contributed by atoms with E-state index in [0.29, 0.717) is 23.5 Å². The van der Waals surface area contributed by atoms with Gasteiger partial charge >= 0.3 is 5.97 Å². The van der Waals surface area contributed by atoms with E-state index in [1.54, 1.807) is 0 Å². The fourth-order valence-electron chi connectivity index (χ4n) is 5.43. The van der Waals surface area contributed by atoms with Gasteiger partial charge in [0.1, 0.15) is 0 Å². The van der Waals surface area contributed by atoms with E-state index >= 15 is 0 Å². The van der Waals surface area contributed by atoms with Crippen molar-refractivity contribution in [1.29, 1.82) is 0 Å². The highest BCUT2D eigenvalue weighted by Gasteiger charge is 2.18. The molecule has 4 rings (SSSR count). The Morgan fingerprint density at radius 1 is 0.925 bits per heavy atom. The second-order valence-corrected chi connectivity index (χ2v) is 11.2. The molecule has 0 amide bonds. The van der Waals surface area contributed by atoms with Crippen LogP contribution in [0.4, 0.5) is 5.69 Å². The lowest BCUT2D eigenvalue weighted by molar-refractivity contribution is -0.137. The van der Waals surface area contributed by atoms with Gasteiger partial charge in [-0.25, -0.2) is 0 Å². The highest BCUT2D eigenvalue weighted by Crippen LogP contribution is 2.27. The number of anilines is 1. The summed E-state index contributed by atoms with van der Waals surface area (Å²) >= 11 is 0. The SMILES string of the molecule is CCCC(Nc1cccc(C(=O)c2cc(CCCCCC(=O)O)n3ccccc23)c1)c1ccc(CC(C)C)cc1. The largest absolute Gasteiger partial charge is 0.481 e. The van der Waals surface area contributed by atoms with E-state index in [9.17, 15) is 9.59 Å². The Morgan fingerprint density at radius 3 is 2.45 bits per heavy atom. The minimum absolute atomic E-state index is 0.00885. The lowest BCUT2D eigenvalue weighted by Crippen LogP contribution is -2.11. The van der Waals surface area contributed by atoms with Gasteiger partial charge in [0.25, 0.3) is 0 Å². The number of carboxylic acid groups (broad SMARTS) is 1. The normalized spacial score (nSPS) is 12.1. The van der Waals surface area contributed by atoms with Gasteiger partial charge in [0, 0.05) is 35.1 Å². The highest BCUT2D eigenvalue weighted by molar-refractivity contribution is 6.13. The van der Waals surface area contributed by atoms with Crippen LogP contribution in [0.25, 0.3) is 5.52 Å². The van der Waals surface area contributed by atoms with Crippen LogP contribution in [0.3, 0.4) is 0 Å². The fraction of sp³-hybridized carbons (Fsp3) is 0.371. The number of carbonyl (C=O) groups excluding carboxylic acids is 1. The Balaban J connectivity index is 1.52. The van der Waals surface area contributed by atoms with Gasteiger partial charge < -0.3 is 14.8 Å². The molecule has 4 aromatic rings. The van der Waals surface area contributed by atoms with Crippen molar-refractivity contribution in [3.63, 3.8) is 0 Å². The number of unbranched alkanes of at least 4 members (excludes halogenated alkanes) is 2. The van der Waals surface area contributed by atoms with E-state index in [2.05, 4.69) is 54.8 Å². The van der Waals surface area contributed by atoms with Crippen molar-refractivity contribution in [2.45, 2.75) is 78.2 Å². The molecular formula is C35H42N2O3. The third kappa shape index (κ3) is 7.62. The van der Waals surface area contributed by atoms with Crippen LogP contribution in [0.1, 0.15) is 98.1 Å². The average molecular weight is 539 g/mol. The standard InChI is InChI=1S/C35H42N2O3/c1-4-11-32(27-19-17-26(18-20-27)22-25(2)3)36-29-13-10-12-28(23-29)35(40)31-24-30(14-6-5-7-16-34(38)39)37-21-9-8-15-33(31)37/h8-10,12-13,15,17-21,23-25,32,36H,4-7,11,14,16,22H2,1-3H3,(H,38,39). The summed E-state index contributed by atoms with van der Waals surface area (Å²) < 4.78 is 2.09. The molecule has 2 aromatic heterocycles. The zero-order valence-electron chi connectivity index (χ0n) is 24.0. The number of hydrogen-bond acceptors (Lipinski definition) is 3. The molecule has 0 saturated heterocycles. The zero-order valence-corrected chi connectivity index (χ0v) is 24.0. The maximum absolute atomic E-state index is 13.8. The van der Waals surface area contributed by atoms with E-state index in [1.165, 1.54) is 11.1 Å². The first-order chi connectivity index (χ1) is 19.4. The number of benzene rings is 2. The quantitative estimate of drug-likeness (QED) is 0.118. The number of aliphatic carboxylic acids is 1. The monoisotopic (exact) mass is 538 g/mol. The number of nitrogens with zero attached hydrogens (tertiary/aromatic N) is 1. The maximum atomic E-state index is 13.8. The fourth-order valence-corrected chi connectivity index (χ4v) is 5.43. The molecule has 0 saturated carbocycles. The summed E-state index contributed by atoms with van der Waals surface area (Å²) in [5.41, 5.74) is 6.90. The summed E-state index contributed by atoms with van der Waals surface area (Å²) in [6.07, 6.45) is 8.55. The molecule has 0 bridgehead atoms. The van der Waals surface area contributed by atoms with E-state index < -0.39 is 5.97 Å². The summed E-state index contributed by atoms with van der Waals surface area (Å²) in [5, 5.41) is 12.6. The van der Waals surface area contributed by atoms with E-state index in [1.807, 2.05) is 54.7 Å². The van der Waals surface area contributed by atoms with Crippen molar-refractivity contribution < 1.29 is 14.7 Å². The van der Waals surface area contributed by atoms with Gasteiger partial charge in [-0.1, -0.05) is 76.1 Å². The summed E-state index contributed by atoms with van der Waals surface area (Å²) in [5.74, 6) is -0.110. The molecule has 210 valence electrons. The number of aromatic nitrogens is 1. The van der Waals surface area contributed by atoms with Gasteiger partial charge in [-0.2, -0.15) is 0 Å². The van der Waals surface area contributed by atoms with Gasteiger partial charge in [-0.05, 0) is 79.5 Å². The molecular weight excluding hydrogens is 496 g/mol. The molecule has 2 aromatic carbocycles.